The molecule has 2 amide bonds. The highest BCUT2D eigenvalue weighted by molar-refractivity contribution is 6.08. The SMILES string of the molecule is COc1ccc(C(=O)N2CCCC(C(=O)Nc3cccc(C)c3)C2)c2ccccc12. The number of hydrogen-bond acceptors (Lipinski definition) is 3. The van der Waals surface area contributed by atoms with Gasteiger partial charge in [-0.25, -0.2) is 0 Å². The maximum atomic E-state index is 13.3. The molecule has 1 aliphatic heterocycles. The summed E-state index contributed by atoms with van der Waals surface area (Å²) >= 11 is 0. The third kappa shape index (κ3) is 4.01. The number of piperidine rings is 1. The summed E-state index contributed by atoms with van der Waals surface area (Å²) in [5, 5.41) is 4.79. The van der Waals surface area contributed by atoms with Gasteiger partial charge in [0.05, 0.1) is 13.0 Å². The molecule has 0 bridgehead atoms. The van der Waals surface area contributed by atoms with E-state index in [-0.39, 0.29) is 17.7 Å². The van der Waals surface area contributed by atoms with Gasteiger partial charge in [0.15, 0.2) is 0 Å². The molecule has 0 aromatic heterocycles. The van der Waals surface area contributed by atoms with E-state index < -0.39 is 0 Å². The predicted octanol–water partition coefficient (Wildman–Crippen LogP) is 4.65. The molecule has 3 aromatic carbocycles. The first-order valence-electron chi connectivity index (χ1n) is 10.3. The van der Waals surface area contributed by atoms with Crippen molar-refractivity contribution in [1.82, 2.24) is 4.90 Å². The zero-order valence-corrected chi connectivity index (χ0v) is 17.4. The molecular weight excluding hydrogens is 376 g/mol. The fraction of sp³-hybridized carbons (Fsp3) is 0.280. The number of hydrogen-bond donors (Lipinski definition) is 1. The molecular formula is C25H26N2O3. The van der Waals surface area contributed by atoms with Crippen molar-refractivity contribution in [1.29, 1.82) is 0 Å². The molecule has 30 heavy (non-hydrogen) atoms. The summed E-state index contributed by atoms with van der Waals surface area (Å²) in [6, 6.07) is 19.2. The first kappa shape index (κ1) is 20.0. The fourth-order valence-corrected chi connectivity index (χ4v) is 4.15. The first-order chi connectivity index (χ1) is 14.6. The van der Waals surface area contributed by atoms with E-state index in [1.54, 1.807) is 12.0 Å². The number of methoxy groups -OCH3 is 1. The summed E-state index contributed by atoms with van der Waals surface area (Å²) in [7, 11) is 1.63. The summed E-state index contributed by atoms with van der Waals surface area (Å²) in [5.74, 6) is 0.462. The largest absolute Gasteiger partial charge is 0.496 e. The number of anilines is 1. The summed E-state index contributed by atoms with van der Waals surface area (Å²) in [4.78, 5) is 28.0. The molecule has 0 spiro atoms. The number of aryl methyl sites for hydroxylation is 1. The molecule has 0 radical (unpaired) electrons. The first-order valence-corrected chi connectivity index (χ1v) is 10.3. The number of ether oxygens (including phenoxy) is 1. The van der Waals surface area contributed by atoms with Gasteiger partial charge in [-0.15, -0.1) is 0 Å². The minimum absolute atomic E-state index is 0.0299. The van der Waals surface area contributed by atoms with E-state index >= 15 is 0 Å². The Kier molecular flexibility index (Phi) is 5.70. The monoisotopic (exact) mass is 402 g/mol. The number of likely N-dealkylation sites (tertiary alicyclic amines) is 1. The van der Waals surface area contributed by atoms with Gasteiger partial charge in [-0.3, -0.25) is 9.59 Å². The van der Waals surface area contributed by atoms with Crippen molar-refractivity contribution < 1.29 is 14.3 Å². The molecule has 4 rings (SSSR count). The smallest absolute Gasteiger partial charge is 0.254 e. The van der Waals surface area contributed by atoms with Crippen molar-refractivity contribution in [2.24, 2.45) is 5.92 Å². The highest BCUT2D eigenvalue weighted by Crippen LogP contribution is 2.30. The van der Waals surface area contributed by atoms with E-state index in [9.17, 15) is 9.59 Å². The van der Waals surface area contributed by atoms with E-state index in [0.29, 0.717) is 18.7 Å². The number of benzene rings is 3. The summed E-state index contributed by atoms with van der Waals surface area (Å²) in [6.07, 6.45) is 1.59. The standard InChI is InChI=1S/C25H26N2O3/c1-17-7-5-9-19(15-17)26-24(28)18-8-6-14-27(16-18)25(29)22-12-13-23(30-2)21-11-4-3-10-20(21)22/h3-5,7,9-13,15,18H,6,8,14,16H2,1-2H3,(H,26,28). The zero-order chi connectivity index (χ0) is 21.1. The number of fused-ring (bicyclic) bond motifs is 1. The van der Waals surface area contributed by atoms with Gasteiger partial charge >= 0.3 is 0 Å². The number of nitrogens with zero attached hydrogens (tertiary/aromatic N) is 1. The lowest BCUT2D eigenvalue weighted by Gasteiger charge is -2.32. The maximum absolute atomic E-state index is 13.3. The van der Waals surface area contributed by atoms with Crippen molar-refractivity contribution >= 4 is 28.3 Å². The van der Waals surface area contributed by atoms with Crippen molar-refractivity contribution in [2.45, 2.75) is 19.8 Å². The lowest BCUT2D eigenvalue weighted by atomic mass is 9.95. The Labute approximate surface area is 176 Å². The van der Waals surface area contributed by atoms with E-state index in [2.05, 4.69) is 5.32 Å². The predicted molar refractivity (Wildman–Crippen MR) is 119 cm³/mol. The Morgan fingerprint density at radius 2 is 1.83 bits per heavy atom. The number of carbonyl (C=O) groups excluding carboxylic acids is 2. The second kappa shape index (κ2) is 8.57. The number of rotatable bonds is 4. The van der Waals surface area contributed by atoms with Gasteiger partial charge in [0.2, 0.25) is 5.91 Å². The van der Waals surface area contributed by atoms with Gasteiger partial charge in [0, 0.05) is 29.7 Å². The minimum Gasteiger partial charge on any atom is -0.496 e. The second-order valence-corrected chi connectivity index (χ2v) is 7.81. The van der Waals surface area contributed by atoms with Crippen LogP contribution in [-0.2, 0) is 4.79 Å². The van der Waals surface area contributed by atoms with Gasteiger partial charge in [0.1, 0.15) is 5.75 Å². The van der Waals surface area contributed by atoms with E-state index in [1.807, 2.05) is 67.6 Å². The average Bonchev–Trinajstić information content (AvgIpc) is 2.78. The quantitative estimate of drug-likeness (QED) is 0.691. The average molecular weight is 402 g/mol. The molecule has 1 saturated heterocycles. The van der Waals surface area contributed by atoms with Crippen LogP contribution in [0.3, 0.4) is 0 Å². The molecule has 0 aliphatic carbocycles. The Balaban J connectivity index is 1.53. The minimum atomic E-state index is -0.215. The molecule has 5 nitrogen and oxygen atoms in total. The molecule has 1 unspecified atom stereocenters. The van der Waals surface area contributed by atoms with Gasteiger partial charge in [-0.2, -0.15) is 0 Å². The lowest BCUT2D eigenvalue weighted by Crippen LogP contribution is -2.43. The van der Waals surface area contributed by atoms with Crippen molar-refractivity contribution in [3.8, 4) is 5.75 Å². The Morgan fingerprint density at radius 1 is 1.03 bits per heavy atom. The van der Waals surface area contributed by atoms with Crippen LogP contribution in [0.25, 0.3) is 10.8 Å². The van der Waals surface area contributed by atoms with Crippen molar-refractivity contribution in [2.75, 3.05) is 25.5 Å². The summed E-state index contributed by atoms with van der Waals surface area (Å²) < 4.78 is 5.44. The van der Waals surface area contributed by atoms with E-state index in [1.165, 1.54) is 0 Å². The molecule has 3 aromatic rings. The van der Waals surface area contributed by atoms with Crippen LogP contribution in [0.15, 0.2) is 60.7 Å². The van der Waals surface area contributed by atoms with Crippen molar-refractivity contribution in [3.63, 3.8) is 0 Å². The normalized spacial score (nSPS) is 16.3. The van der Waals surface area contributed by atoms with Crippen LogP contribution in [0.4, 0.5) is 5.69 Å². The molecule has 1 aliphatic rings. The van der Waals surface area contributed by atoms with Crippen LogP contribution in [0, 0.1) is 12.8 Å². The molecule has 1 N–H and O–H groups in total. The van der Waals surface area contributed by atoms with Crippen LogP contribution in [-0.4, -0.2) is 36.9 Å². The van der Waals surface area contributed by atoms with Crippen molar-refractivity contribution in [3.05, 3.63) is 71.8 Å². The van der Waals surface area contributed by atoms with Crippen LogP contribution in [0.2, 0.25) is 0 Å². The zero-order valence-electron chi connectivity index (χ0n) is 17.4. The number of nitrogens with one attached hydrogen (secondary N) is 1. The van der Waals surface area contributed by atoms with Crippen LogP contribution in [0.1, 0.15) is 28.8 Å². The highest BCUT2D eigenvalue weighted by atomic mass is 16.5. The molecule has 1 fully saturated rings. The highest BCUT2D eigenvalue weighted by Gasteiger charge is 2.29. The van der Waals surface area contributed by atoms with Crippen LogP contribution in [0.5, 0.6) is 5.75 Å². The van der Waals surface area contributed by atoms with Crippen LogP contribution < -0.4 is 10.1 Å². The van der Waals surface area contributed by atoms with Gasteiger partial charge in [0.25, 0.3) is 5.91 Å². The van der Waals surface area contributed by atoms with E-state index in [4.69, 9.17) is 4.74 Å². The second-order valence-electron chi connectivity index (χ2n) is 7.81. The van der Waals surface area contributed by atoms with E-state index in [0.717, 1.165) is 40.6 Å². The molecule has 154 valence electrons. The van der Waals surface area contributed by atoms with Gasteiger partial charge in [-0.1, -0.05) is 36.4 Å². The van der Waals surface area contributed by atoms with Gasteiger partial charge < -0.3 is 15.0 Å². The van der Waals surface area contributed by atoms with Gasteiger partial charge in [-0.05, 0) is 55.0 Å². The topological polar surface area (TPSA) is 58.6 Å². The van der Waals surface area contributed by atoms with Crippen LogP contribution >= 0.6 is 0 Å². The third-order valence-corrected chi connectivity index (χ3v) is 5.70. The summed E-state index contributed by atoms with van der Waals surface area (Å²) in [6.45, 7) is 3.08. The summed E-state index contributed by atoms with van der Waals surface area (Å²) in [5.41, 5.74) is 2.54. The number of carbonyl (C=O) groups is 2. The maximum Gasteiger partial charge on any atom is 0.254 e. The molecule has 1 heterocycles. The Hall–Kier alpha value is -3.34. The number of amides is 2. The fourth-order valence-electron chi connectivity index (χ4n) is 4.15. The lowest BCUT2D eigenvalue weighted by molar-refractivity contribution is -0.121. The Bertz CT molecular complexity index is 1090. The molecule has 5 heteroatoms. The molecule has 0 saturated carbocycles. The third-order valence-electron chi connectivity index (χ3n) is 5.70. The Morgan fingerprint density at radius 3 is 2.60 bits per heavy atom. The molecule has 1 atom stereocenters.